The molecule has 1 amide bonds. The summed E-state index contributed by atoms with van der Waals surface area (Å²) >= 11 is 0. The lowest BCUT2D eigenvalue weighted by molar-refractivity contribution is 0.0755. The summed E-state index contributed by atoms with van der Waals surface area (Å²) in [6, 6.07) is 3.33. The largest absolute Gasteiger partial charge is 0.339 e. The average Bonchev–Trinajstić information content (AvgIpc) is 3.40. The number of carbonyl (C=O) groups excluding carboxylic acids is 1. The summed E-state index contributed by atoms with van der Waals surface area (Å²) in [5.74, 6) is -0.0997. The van der Waals surface area contributed by atoms with E-state index in [1.54, 1.807) is 17.9 Å². The van der Waals surface area contributed by atoms with Crippen LogP contribution in [0.4, 0.5) is 0 Å². The van der Waals surface area contributed by atoms with Crippen LogP contribution in [0.5, 0.6) is 0 Å². The summed E-state index contributed by atoms with van der Waals surface area (Å²) in [4.78, 5) is 17.1. The molecule has 0 aromatic heterocycles. The first-order chi connectivity index (χ1) is 12.3. The van der Waals surface area contributed by atoms with Gasteiger partial charge < -0.3 is 4.90 Å². The van der Waals surface area contributed by atoms with Gasteiger partial charge in [-0.3, -0.25) is 9.69 Å². The van der Waals surface area contributed by atoms with E-state index in [0.717, 1.165) is 38.0 Å². The maximum absolute atomic E-state index is 12.9. The van der Waals surface area contributed by atoms with Crippen LogP contribution in [-0.2, 0) is 10.0 Å². The highest BCUT2D eigenvalue weighted by Crippen LogP contribution is 2.22. The zero-order valence-corrected chi connectivity index (χ0v) is 17.2. The summed E-state index contributed by atoms with van der Waals surface area (Å²) < 4.78 is 28.2. The van der Waals surface area contributed by atoms with E-state index in [4.69, 9.17) is 0 Å². The van der Waals surface area contributed by atoms with Crippen LogP contribution in [0, 0.1) is 13.8 Å². The van der Waals surface area contributed by atoms with Crippen molar-refractivity contribution >= 4 is 15.9 Å². The van der Waals surface area contributed by atoms with E-state index in [0.29, 0.717) is 30.8 Å². The van der Waals surface area contributed by atoms with Crippen LogP contribution in [0.1, 0.15) is 48.2 Å². The molecule has 26 heavy (non-hydrogen) atoms. The first-order valence-corrected chi connectivity index (χ1v) is 10.9. The predicted molar refractivity (Wildman–Crippen MR) is 104 cm³/mol. The van der Waals surface area contributed by atoms with E-state index in [1.165, 1.54) is 6.07 Å². The number of nitrogens with one attached hydrogen (secondary N) is 1. The Morgan fingerprint density at radius 1 is 1.15 bits per heavy atom. The number of rotatable bonds is 10. The third-order valence-electron chi connectivity index (χ3n) is 4.69. The molecule has 0 aliphatic carbocycles. The molecule has 0 bridgehead atoms. The summed E-state index contributed by atoms with van der Waals surface area (Å²) in [7, 11) is -3.64. The number of sulfonamides is 1. The normalized spacial score (nSPS) is 14.5. The smallest absolute Gasteiger partial charge is 0.253 e. The van der Waals surface area contributed by atoms with Gasteiger partial charge in [-0.2, -0.15) is 0 Å². The Kier molecular flexibility index (Phi) is 7.20. The van der Waals surface area contributed by atoms with Crippen molar-refractivity contribution < 1.29 is 13.2 Å². The van der Waals surface area contributed by atoms with Crippen molar-refractivity contribution in [2.75, 3.05) is 39.3 Å². The van der Waals surface area contributed by atoms with E-state index in [9.17, 15) is 13.2 Å². The molecule has 0 atom stereocenters. The van der Waals surface area contributed by atoms with Gasteiger partial charge in [-0.25, -0.2) is 13.1 Å². The number of aryl methyl sites for hydroxylation is 1. The number of amides is 1. The molecule has 1 N–H and O–H groups in total. The van der Waals surface area contributed by atoms with Crippen LogP contribution < -0.4 is 4.72 Å². The lowest BCUT2D eigenvalue weighted by Gasteiger charge is -2.22. The molecular formula is C19H31N3O3S. The summed E-state index contributed by atoms with van der Waals surface area (Å²) in [5.41, 5.74) is 1.95. The van der Waals surface area contributed by atoms with Gasteiger partial charge in [-0.05, 0) is 49.9 Å². The molecule has 1 aliphatic rings. The molecule has 0 spiro atoms. The minimum atomic E-state index is -3.64. The second kappa shape index (κ2) is 8.97. The topological polar surface area (TPSA) is 69.5 Å². The molecule has 1 aliphatic heterocycles. The fourth-order valence-electron chi connectivity index (χ4n) is 2.98. The lowest BCUT2D eigenvalue weighted by atomic mass is 10.1. The van der Waals surface area contributed by atoms with Crippen molar-refractivity contribution in [3.8, 4) is 0 Å². The Bertz CT molecular complexity index is 737. The third-order valence-corrected chi connectivity index (χ3v) is 6.28. The van der Waals surface area contributed by atoms with Gasteiger partial charge in [0, 0.05) is 44.8 Å². The second-order valence-electron chi connectivity index (χ2n) is 6.95. The number of hydrogen-bond donors (Lipinski definition) is 1. The van der Waals surface area contributed by atoms with Gasteiger partial charge in [0.2, 0.25) is 10.0 Å². The number of carbonyl (C=O) groups is 1. The Morgan fingerprint density at radius 3 is 2.31 bits per heavy atom. The molecule has 1 aromatic rings. The Morgan fingerprint density at radius 2 is 1.77 bits per heavy atom. The number of hydrogen-bond acceptors (Lipinski definition) is 4. The zero-order valence-electron chi connectivity index (χ0n) is 16.3. The van der Waals surface area contributed by atoms with Crippen LogP contribution in [-0.4, -0.2) is 63.4 Å². The molecule has 1 heterocycles. The van der Waals surface area contributed by atoms with Crippen molar-refractivity contribution in [2.45, 2.75) is 45.4 Å². The van der Waals surface area contributed by atoms with Crippen molar-refractivity contribution in [1.82, 2.24) is 14.5 Å². The Labute approximate surface area is 157 Å². The van der Waals surface area contributed by atoms with Gasteiger partial charge >= 0.3 is 0 Å². The second-order valence-corrected chi connectivity index (χ2v) is 8.68. The highest BCUT2D eigenvalue weighted by molar-refractivity contribution is 7.89. The zero-order chi connectivity index (χ0) is 19.3. The van der Waals surface area contributed by atoms with Gasteiger partial charge in [0.25, 0.3) is 5.91 Å². The molecule has 6 nitrogen and oxygen atoms in total. The SMILES string of the molecule is CCCN(CCC)C(=O)c1cc(C)c(C)c(S(=O)(=O)NCCN2CC2)c1. The molecular weight excluding hydrogens is 350 g/mol. The first kappa shape index (κ1) is 20.9. The van der Waals surface area contributed by atoms with Gasteiger partial charge in [-0.15, -0.1) is 0 Å². The molecule has 1 fully saturated rings. The summed E-state index contributed by atoms with van der Waals surface area (Å²) in [6.45, 7) is 12.2. The van der Waals surface area contributed by atoms with Crippen LogP contribution >= 0.6 is 0 Å². The average molecular weight is 382 g/mol. The maximum atomic E-state index is 12.9. The van der Waals surface area contributed by atoms with Gasteiger partial charge in [0.1, 0.15) is 0 Å². The fourth-order valence-corrected chi connectivity index (χ4v) is 4.34. The van der Waals surface area contributed by atoms with E-state index in [2.05, 4.69) is 9.62 Å². The molecule has 0 saturated carbocycles. The number of benzene rings is 1. The van der Waals surface area contributed by atoms with Crippen LogP contribution in [0.2, 0.25) is 0 Å². The highest BCUT2D eigenvalue weighted by Gasteiger charge is 2.23. The van der Waals surface area contributed by atoms with Crippen molar-refractivity contribution in [1.29, 1.82) is 0 Å². The Hall–Kier alpha value is -1.44. The minimum Gasteiger partial charge on any atom is -0.339 e. The van der Waals surface area contributed by atoms with Crippen molar-refractivity contribution in [3.05, 3.63) is 28.8 Å². The van der Waals surface area contributed by atoms with E-state index in [1.807, 2.05) is 20.8 Å². The van der Waals surface area contributed by atoms with E-state index >= 15 is 0 Å². The first-order valence-electron chi connectivity index (χ1n) is 9.42. The summed E-state index contributed by atoms with van der Waals surface area (Å²) in [5, 5.41) is 0. The number of nitrogens with zero attached hydrogens (tertiary/aromatic N) is 2. The van der Waals surface area contributed by atoms with Crippen molar-refractivity contribution in [2.24, 2.45) is 0 Å². The van der Waals surface area contributed by atoms with Gasteiger partial charge in [-0.1, -0.05) is 13.8 Å². The predicted octanol–water partition coefficient (Wildman–Crippen LogP) is 2.16. The standard InChI is InChI=1S/C19H31N3O3S/c1-5-8-22(9-6-2)19(23)17-13-15(3)16(4)18(14-17)26(24,25)20-7-10-21-11-12-21/h13-14,20H,5-12H2,1-4H3. The van der Waals surface area contributed by atoms with Crippen LogP contribution in [0.15, 0.2) is 17.0 Å². The van der Waals surface area contributed by atoms with E-state index < -0.39 is 10.0 Å². The molecule has 0 radical (unpaired) electrons. The molecule has 1 saturated heterocycles. The molecule has 146 valence electrons. The minimum absolute atomic E-state index is 0.0997. The molecule has 2 rings (SSSR count). The monoisotopic (exact) mass is 381 g/mol. The quantitative estimate of drug-likeness (QED) is 0.631. The van der Waals surface area contributed by atoms with E-state index in [-0.39, 0.29) is 10.8 Å². The third kappa shape index (κ3) is 5.28. The Balaban J connectivity index is 2.27. The maximum Gasteiger partial charge on any atom is 0.253 e. The van der Waals surface area contributed by atoms with Crippen LogP contribution in [0.25, 0.3) is 0 Å². The summed E-state index contributed by atoms with van der Waals surface area (Å²) in [6.07, 6.45) is 1.75. The molecule has 7 heteroatoms. The lowest BCUT2D eigenvalue weighted by Crippen LogP contribution is -2.33. The molecule has 1 aromatic carbocycles. The van der Waals surface area contributed by atoms with Crippen molar-refractivity contribution in [3.63, 3.8) is 0 Å². The highest BCUT2D eigenvalue weighted by atomic mass is 32.2. The van der Waals surface area contributed by atoms with Gasteiger partial charge in [0.05, 0.1) is 4.90 Å². The molecule has 0 unspecified atom stereocenters. The van der Waals surface area contributed by atoms with Gasteiger partial charge in [0.15, 0.2) is 0 Å². The van der Waals surface area contributed by atoms with Crippen LogP contribution in [0.3, 0.4) is 0 Å². The fraction of sp³-hybridized carbons (Fsp3) is 0.632.